The zero-order chi connectivity index (χ0) is 23.1. The molecule has 5 aromatic rings. The van der Waals surface area contributed by atoms with Crippen molar-refractivity contribution in [2.24, 2.45) is 0 Å². The van der Waals surface area contributed by atoms with E-state index in [1.54, 1.807) is 11.0 Å². The molecule has 0 spiro atoms. The molecule has 1 aromatic heterocycles. The molecule has 3 aliphatic heterocycles. The number of anilines is 2. The van der Waals surface area contributed by atoms with Crippen molar-refractivity contribution in [1.82, 2.24) is 4.57 Å². The second-order valence-electron chi connectivity index (χ2n) is 11.6. The Balaban J connectivity index is 1.58. The summed E-state index contributed by atoms with van der Waals surface area (Å²) >= 11 is 0. The summed E-state index contributed by atoms with van der Waals surface area (Å²) in [6.07, 6.45) is 5.15. The molecule has 9 rings (SSSR count). The van der Waals surface area contributed by atoms with Gasteiger partial charge in [-0.1, -0.05) is 74.4 Å². The highest BCUT2D eigenvalue weighted by Gasteiger charge is 2.61. The first-order valence-electron chi connectivity index (χ1n) is 13.2. The van der Waals surface area contributed by atoms with E-state index in [0.29, 0.717) is 0 Å². The van der Waals surface area contributed by atoms with Crippen molar-refractivity contribution in [3.05, 3.63) is 84.4 Å². The van der Waals surface area contributed by atoms with Crippen molar-refractivity contribution >= 4 is 56.3 Å². The van der Waals surface area contributed by atoms with Crippen LogP contribution in [0.4, 0.5) is 11.4 Å². The molecule has 2 nitrogen and oxygen atoms in total. The van der Waals surface area contributed by atoms with Crippen LogP contribution in [0, 0.1) is 0 Å². The van der Waals surface area contributed by atoms with Gasteiger partial charge >= 0.3 is 0 Å². The molecule has 1 saturated carbocycles. The van der Waals surface area contributed by atoms with E-state index in [-0.39, 0.29) is 17.7 Å². The Kier molecular flexibility index (Phi) is 3.14. The molecule has 4 aliphatic rings. The summed E-state index contributed by atoms with van der Waals surface area (Å²) in [5.74, 6) is 0. The molecule has 0 N–H and O–H groups in total. The quantitative estimate of drug-likeness (QED) is 0.271. The van der Waals surface area contributed by atoms with Crippen molar-refractivity contribution in [1.29, 1.82) is 0 Å². The first-order chi connectivity index (χ1) is 17.1. The average Bonchev–Trinajstić information content (AvgIpc) is 3.34. The number of rotatable bonds is 0. The van der Waals surface area contributed by atoms with E-state index in [1.807, 2.05) is 0 Å². The van der Waals surface area contributed by atoms with Gasteiger partial charge in [0.25, 0.3) is 6.71 Å². The number of para-hydroxylation sites is 3. The average molecular weight is 450 g/mol. The van der Waals surface area contributed by atoms with Crippen LogP contribution in [0.15, 0.2) is 78.9 Å². The van der Waals surface area contributed by atoms with Gasteiger partial charge in [0, 0.05) is 33.2 Å². The maximum Gasteiger partial charge on any atom is 0.252 e. The first-order valence-corrected chi connectivity index (χ1v) is 13.2. The van der Waals surface area contributed by atoms with Crippen LogP contribution in [0.3, 0.4) is 0 Å². The standard InChI is InChI=1S/C32H27BN2/c1-31-17-9-10-18-32(31,2)35-27-16-8-5-13-24(27)33-23-12-4-7-15-26(23)34-25-14-6-3-11-20(25)21-19-22(31)30(35)28(33)29(21)34/h3-8,11-16,19H,9-10,17-18H2,1-2H3/t31?,32-/m1/s1. The Bertz CT molecular complexity index is 1760. The van der Waals surface area contributed by atoms with Gasteiger partial charge in [0.15, 0.2) is 0 Å². The normalized spacial score (nSPS) is 25.1. The van der Waals surface area contributed by atoms with Crippen LogP contribution < -0.4 is 21.3 Å². The van der Waals surface area contributed by atoms with Gasteiger partial charge in [-0.3, -0.25) is 0 Å². The largest absolute Gasteiger partial charge is 0.335 e. The Morgan fingerprint density at radius 1 is 0.743 bits per heavy atom. The SMILES string of the molecule is CC12CCCC[C@@]1(C)N1c3ccccc3B3c4ccccc4-n4c5ccccc5c5cc2c1c3c54. The summed E-state index contributed by atoms with van der Waals surface area (Å²) in [4.78, 5) is 2.80. The van der Waals surface area contributed by atoms with E-state index in [0.717, 1.165) is 0 Å². The van der Waals surface area contributed by atoms with Gasteiger partial charge in [-0.25, -0.2) is 0 Å². The molecular weight excluding hydrogens is 423 g/mol. The molecule has 3 heteroatoms. The summed E-state index contributed by atoms with van der Waals surface area (Å²) in [5, 5.41) is 2.82. The molecular formula is C32H27BN2. The summed E-state index contributed by atoms with van der Waals surface area (Å²) in [6, 6.07) is 30.1. The molecule has 168 valence electrons. The van der Waals surface area contributed by atoms with E-state index < -0.39 is 0 Å². The van der Waals surface area contributed by atoms with Gasteiger partial charge < -0.3 is 9.47 Å². The number of fused-ring (bicyclic) bond motifs is 12. The van der Waals surface area contributed by atoms with Crippen molar-refractivity contribution < 1.29 is 0 Å². The fourth-order valence-electron chi connectivity index (χ4n) is 8.59. The van der Waals surface area contributed by atoms with Gasteiger partial charge in [-0.15, -0.1) is 0 Å². The van der Waals surface area contributed by atoms with E-state index in [2.05, 4.69) is 102 Å². The lowest BCUT2D eigenvalue weighted by atomic mass is 9.33. The number of aromatic nitrogens is 1. The Labute approximate surface area is 206 Å². The number of hydrogen-bond acceptors (Lipinski definition) is 1. The molecule has 0 radical (unpaired) electrons. The van der Waals surface area contributed by atoms with Gasteiger partial charge in [0.1, 0.15) is 0 Å². The lowest BCUT2D eigenvalue weighted by Crippen LogP contribution is -2.63. The summed E-state index contributed by atoms with van der Waals surface area (Å²) in [5.41, 5.74) is 13.3. The Morgan fingerprint density at radius 2 is 1.43 bits per heavy atom. The highest BCUT2D eigenvalue weighted by molar-refractivity contribution is 7.00. The number of benzene rings is 4. The Hall–Kier alpha value is -3.46. The van der Waals surface area contributed by atoms with Crippen molar-refractivity contribution in [3.63, 3.8) is 0 Å². The Morgan fingerprint density at radius 3 is 2.29 bits per heavy atom. The molecule has 4 aromatic carbocycles. The monoisotopic (exact) mass is 450 g/mol. The van der Waals surface area contributed by atoms with Crippen molar-refractivity contribution in [2.45, 2.75) is 50.5 Å². The van der Waals surface area contributed by atoms with Gasteiger partial charge in [-0.05, 0) is 66.0 Å². The molecule has 2 atom stereocenters. The third-order valence-electron chi connectivity index (χ3n) is 10.3. The minimum atomic E-state index is 0.0988. The van der Waals surface area contributed by atoms with Crippen LogP contribution in [-0.4, -0.2) is 16.8 Å². The molecule has 35 heavy (non-hydrogen) atoms. The molecule has 1 unspecified atom stereocenters. The predicted molar refractivity (Wildman–Crippen MR) is 148 cm³/mol. The van der Waals surface area contributed by atoms with Crippen LogP contribution in [-0.2, 0) is 5.41 Å². The fourth-order valence-corrected chi connectivity index (χ4v) is 8.59. The smallest absolute Gasteiger partial charge is 0.252 e. The second kappa shape index (κ2) is 5.84. The van der Waals surface area contributed by atoms with Crippen LogP contribution in [0.5, 0.6) is 0 Å². The highest BCUT2D eigenvalue weighted by Crippen LogP contribution is 2.62. The van der Waals surface area contributed by atoms with E-state index >= 15 is 0 Å². The molecule has 1 aliphatic carbocycles. The molecule has 0 saturated heterocycles. The maximum atomic E-state index is 2.80. The summed E-state index contributed by atoms with van der Waals surface area (Å²) in [6.45, 7) is 5.41. The lowest BCUT2D eigenvalue weighted by Gasteiger charge is -2.52. The minimum Gasteiger partial charge on any atom is -0.335 e. The predicted octanol–water partition coefficient (Wildman–Crippen LogP) is 5.67. The second-order valence-corrected chi connectivity index (χ2v) is 11.6. The van der Waals surface area contributed by atoms with Crippen LogP contribution in [0.2, 0.25) is 0 Å². The summed E-state index contributed by atoms with van der Waals surface area (Å²) < 4.78 is 2.57. The third-order valence-corrected chi connectivity index (χ3v) is 10.3. The number of hydrogen-bond donors (Lipinski definition) is 0. The van der Waals surface area contributed by atoms with Crippen LogP contribution in [0.1, 0.15) is 45.1 Å². The van der Waals surface area contributed by atoms with Crippen LogP contribution in [0.25, 0.3) is 27.5 Å². The van der Waals surface area contributed by atoms with E-state index in [9.17, 15) is 0 Å². The van der Waals surface area contributed by atoms with Crippen molar-refractivity contribution in [2.75, 3.05) is 4.90 Å². The fraction of sp³-hybridized carbons (Fsp3) is 0.250. The molecule has 0 bridgehead atoms. The topological polar surface area (TPSA) is 8.17 Å². The maximum absolute atomic E-state index is 2.80. The first kappa shape index (κ1) is 18.8. The van der Waals surface area contributed by atoms with Crippen LogP contribution >= 0.6 is 0 Å². The third kappa shape index (κ3) is 1.86. The zero-order valence-corrected chi connectivity index (χ0v) is 20.3. The van der Waals surface area contributed by atoms with Gasteiger partial charge in [-0.2, -0.15) is 0 Å². The van der Waals surface area contributed by atoms with E-state index in [4.69, 9.17) is 0 Å². The highest BCUT2D eigenvalue weighted by atomic mass is 15.3. The minimum absolute atomic E-state index is 0.0988. The lowest BCUT2D eigenvalue weighted by molar-refractivity contribution is 0.195. The zero-order valence-electron chi connectivity index (χ0n) is 20.3. The molecule has 0 amide bonds. The van der Waals surface area contributed by atoms with Gasteiger partial charge in [0.2, 0.25) is 0 Å². The van der Waals surface area contributed by atoms with Crippen molar-refractivity contribution in [3.8, 4) is 5.69 Å². The molecule has 4 heterocycles. The van der Waals surface area contributed by atoms with Gasteiger partial charge in [0.05, 0.1) is 16.6 Å². The number of nitrogens with zero attached hydrogens (tertiary/aromatic N) is 2. The summed E-state index contributed by atoms with van der Waals surface area (Å²) in [7, 11) is 0. The molecule has 1 fully saturated rings. The van der Waals surface area contributed by atoms with E-state index in [1.165, 1.54) is 75.5 Å².